The average molecular weight is 402 g/mol. The molecule has 0 bridgehead atoms. The maximum absolute atomic E-state index is 12.7. The molecule has 3 aromatic rings. The van der Waals surface area contributed by atoms with Crippen LogP contribution in [0.4, 0.5) is 0 Å². The van der Waals surface area contributed by atoms with Crippen LogP contribution < -0.4 is 14.3 Å². The first-order valence-corrected chi connectivity index (χ1v) is 10.4. The van der Waals surface area contributed by atoms with Gasteiger partial charge in [0.1, 0.15) is 11.5 Å². The van der Waals surface area contributed by atoms with Crippen LogP contribution in [0.5, 0.6) is 11.5 Å². The molecule has 3 rings (SSSR count). The van der Waals surface area contributed by atoms with E-state index < -0.39 is 10.0 Å². The van der Waals surface area contributed by atoms with Gasteiger partial charge in [0.15, 0.2) is 0 Å². The second-order valence-corrected chi connectivity index (χ2v) is 8.09. The predicted molar refractivity (Wildman–Crippen MR) is 106 cm³/mol. The third-order valence-electron chi connectivity index (χ3n) is 3.77. The Morgan fingerprint density at radius 1 is 1.19 bits per heavy atom. The van der Waals surface area contributed by atoms with E-state index in [2.05, 4.69) is 10.3 Å². The summed E-state index contributed by atoms with van der Waals surface area (Å²) < 4.78 is 42.6. The topological polar surface area (TPSA) is 69.9 Å². The van der Waals surface area contributed by atoms with Crippen molar-refractivity contribution in [1.82, 2.24) is 4.57 Å². The molecule has 0 aliphatic rings. The Bertz CT molecular complexity index is 1170. The third kappa shape index (κ3) is 3.99. The number of rotatable bonds is 6. The summed E-state index contributed by atoms with van der Waals surface area (Å²) in [5.41, 5.74) is 0.810. The monoisotopic (exact) mass is 402 g/mol. The molecule has 0 unspecified atom stereocenters. The Labute approximate surface area is 161 Å². The number of methoxy groups -OCH3 is 1. The molecule has 140 valence electrons. The van der Waals surface area contributed by atoms with Gasteiger partial charge in [0, 0.05) is 0 Å². The maximum atomic E-state index is 12.7. The number of benzene rings is 2. The predicted octanol–water partition coefficient (Wildman–Crippen LogP) is 3.03. The highest BCUT2D eigenvalue weighted by Gasteiger charge is 2.15. The van der Waals surface area contributed by atoms with Gasteiger partial charge in [-0.05, 0) is 49.4 Å². The Hall–Kier alpha value is -2.76. The van der Waals surface area contributed by atoms with E-state index in [0.29, 0.717) is 22.9 Å². The summed E-state index contributed by atoms with van der Waals surface area (Å²) in [6.45, 7) is 2.66. The highest BCUT2D eigenvalue weighted by Crippen LogP contribution is 2.24. The van der Waals surface area contributed by atoms with Crippen LogP contribution in [0.3, 0.4) is 0 Å². The minimum atomic E-state index is -3.89. The lowest BCUT2D eigenvalue weighted by Crippen LogP contribution is -2.16. The van der Waals surface area contributed by atoms with E-state index in [1.54, 1.807) is 16.7 Å². The lowest BCUT2D eigenvalue weighted by Gasteiger charge is -2.04. The average Bonchev–Trinajstić information content (AvgIpc) is 2.98. The Kier molecular flexibility index (Phi) is 5.54. The molecule has 1 heterocycles. The van der Waals surface area contributed by atoms with Crippen molar-refractivity contribution < 1.29 is 17.9 Å². The number of hydrogen-bond donors (Lipinski definition) is 0. The molecule has 0 saturated carbocycles. The number of nitrogens with zero attached hydrogens (tertiary/aromatic N) is 2. The number of aromatic nitrogens is 1. The first-order valence-electron chi connectivity index (χ1n) is 8.13. The number of sulfonamides is 1. The van der Waals surface area contributed by atoms with Gasteiger partial charge < -0.3 is 14.0 Å². The zero-order valence-corrected chi connectivity index (χ0v) is 16.5. The minimum Gasteiger partial charge on any atom is -0.497 e. The number of fused-ring (bicyclic) bond motifs is 1. The zero-order valence-electron chi connectivity index (χ0n) is 14.9. The molecule has 6 nitrogen and oxygen atoms in total. The maximum Gasteiger partial charge on any atom is 0.285 e. The van der Waals surface area contributed by atoms with E-state index in [1.807, 2.05) is 25.1 Å². The van der Waals surface area contributed by atoms with Crippen LogP contribution in [0, 0.1) is 12.3 Å². The number of hydrogen-bond acceptors (Lipinski definition) is 5. The van der Waals surface area contributed by atoms with Crippen LogP contribution in [0.25, 0.3) is 10.2 Å². The van der Waals surface area contributed by atoms with Gasteiger partial charge >= 0.3 is 0 Å². The third-order valence-corrected chi connectivity index (χ3v) is 6.21. The van der Waals surface area contributed by atoms with Crippen molar-refractivity contribution in [1.29, 1.82) is 0 Å². The summed E-state index contributed by atoms with van der Waals surface area (Å²) in [6, 6.07) is 11.6. The molecule has 0 radical (unpaired) electrons. The van der Waals surface area contributed by atoms with Crippen molar-refractivity contribution >= 4 is 31.6 Å². The van der Waals surface area contributed by atoms with Gasteiger partial charge in [0.2, 0.25) is 4.80 Å². The zero-order chi connectivity index (χ0) is 19.4. The first kappa shape index (κ1) is 19.0. The lowest BCUT2D eigenvalue weighted by molar-refractivity contribution is 0.341. The molecular formula is C19H18N2O4S2. The first-order chi connectivity index (χ1) is 13.0. The smallest absolute Gasteiger partial charge is 0.285 e. The van der Waals surface area contributed by atoms with E-state index in [0.717, 1.165) is 10.2 Å². The van der Waals surface area contributed by atoms with Crippen LogP contribution in [-0.2, 0) is 16.6 Å². The molecule has 0 spiro atoms. The molecule has 8 heteroatoms. The molecule has 27 heavy (non-hydrogen) atoms. The molecule has 0 saturated heterocycles. The van der Waals surface area contributed by atoms with Crippen molar-refractivity contribution in [3.8, 4) is 23.8 Å². The fourth-order valence-electron chi connectivity index (χ4n) is 2.53. The fourth-order valence-corrected chi connectivity index (χ4v) is 4.79. The second kappa shape index (κ2) is 7.86. The van der Waals surface area contributed by atoms with Crippen molar-refractivity contribution in [3.05, 3.63) is 47.3 Å². The lowest BCUT2D eigenvalue weighted by atomic mass is 10.3. The van der Waals surface area contributed by atoms with Crippen LogP contribution >= 0.6 is 11.3 Å². The van der Waals surface area contributed by atoms with E-state index in [4.69, 9.17) is 15.9 Å². The fraction of sp³-hybridized carbons (Fsp3) is 0.211. The minimum absolute atomic E-state index is 0.0861. The van der Waals surface area contributed by atoms with Crippen molar-refractivity contribution in [2.75, 3.05) is 13.7 Å². The second-order valence-electron chi connectivity index (χ2n) is 5.48. The SMILES string of the molecule is C#CCn1c(=NS(=O)(=O)c2ccc(OC)cc2)sc2cc(OCC)ccc21. The molecule has 1 aromatic heterocycles. The van der Waals surface area contributed by atoms with E-state index in [9.17, 15) is 8.42 Å². The summed E-state index contributed by atoms with van der Waals surface area (Å²) in [7, 11) is -2.37. The summed E-state index contributed by atoms with van der Waals surface area (Å²) in [6.07, 6.45) is 5.47. The summed E-state index contributed by atoms with van der Waals surface area (Å²) in [4.78, 5) is 0.399. The molecule has 0 aliphatic heterocycles. The van der Waals surface area contributed by atoms with E-state index >= 15 is 0 Å². The van der Waals surface area contributed by atoms with Crippen molar-refractivity contribution in [3.63, 3.8) is 0 Å². The van der Waals surface area contributed by atoms with Crippen LogP contribution in [0.15, 0.2) is 51.8 Å². The van der Waals surface area contributed by atoms with Crippen LogP contribution in [0.2, 0.25) is 0 Å². The Morgan fingerprint density at radius 3 is 2.52 bits per heavy atom. The summed E-state index contributed by atoms with van der Waals surface area (Å²) in [5.74, 6) is 3.83. The molecule has 0 N–H and O–H groups in total. The van der Waals surface area contributed by atoms with Gasteiger partial charge in [0.25, 0.3) is 10.0 Å². The van der Waals surface area contributed by atoms with Crippen molar-refractivity contribution in [2.24, 2.45) is 4.40 Å². The number of ether oxygens (including phenoxy) is 2. The molecule has 0 aliphatic carbocycles. The van der Waals surface area contributed by atoms with Gasteiger partial charge in [-0.2, -0.15) is 8.42 Å². The van der Waals surface area contributed by atoms with Gasteiger partial charge in [-0.25, -0.2) is 0 Å². The summed E-state index contributed by atoms with van der Waals surface area (Å²) in [5, 5.41) is 0. The number of thiazole rings is 1. The molecule has 0 fully saturated rings. The van der Waals surface area contributed by atoms with E-state index in [-0.39, 0.29) is 11.4 Å². The largest absolute Gasteiger partial charge is 0.497 e. The van der Waals surface area contributed by atoms with E-state index in [1.165, 1.54) is 30.6 Å². The molecule has 0 atom stereocenters. The van der Waals surface area contributed by atoms with Crippen LogP contribution in [-0.4, -0.2) is 26.7 Å². The highest BCUT2D eigenvalue weighted by molar-refractivity contribution is 7.90. The molecule has 2 aromatic carbocycles. The van der Waals surface area contributed by atoms with Crippen molar-refractivity contribution in [2.45, 2.75) is 18.4 Å². The molecular weight excluding hydrogens is 384 g/mol. The van der Waals surface area contributed by atoms with Crippen LogP contribution in [0.1, 0.15) is 6.92 Å². The van der Waals surface area contributed by atoms with Gasteiger partial charge in [-0.15, -0.1) is 10.8 Å². The number of terminal acetylenes is 1. The van der Waals surface area contributed by atoms with Gasteiger partial charge in [-0.1, -0.05) is 17.3 Å². The van der Waals surface area contributed by atoms with Gasteiger partial charge in [-0.3, -0.25) is 0 Å². The Morgan fingerprint density at radius 2 is 1.89 bits per heavy atom. The molecule has 0 amide bonds. The van der Waals surface area contributed by atoms with Gasteiger partial charge in [0.05, 0.1) is 35.4 Å². The Balaban J connectivity index is 2.15. The quantitative estimate of drug-likeness (QED) is 0.594. The normalized spacial score (nSPS) is 12.1. The highest BCUT2D eigenvalue weighted by atomic mass is 32.2. The summed E-state index contributed by atoms with van der Waals surface area (Å²) >= 11 is 1.25. The standard InChI is InChI=1S/C19H18N2O4S2/c1-4-12-21-17-11-8-15(25-5-2)13-18(17)26-19(21)20-27(22,23)16-9-6-14(24-3)7-10-16/h1,6-11,13H,5,12H2,2-3H3.